The van der Waals surface area contributed by atoms with Gasteiger partial charge in [-0.1, -0.05) is 35.9 Å². The number of carboxylic acid groups (broad SMARTS) is 1. The lowest BCUT2D eigenvalue weighted by atomic mass is 10.1. The molecule has 1 saturated heterocycles. The maximum atomic E-state index is 12.6. The van der Waals surface area contributed by atoms with Gasteiger partial charge in [0.15, 0.2) is 0 Å². The zero-order valence-corrected chi connectivity index (χ0v) is 13.4. The highest BCUT2D eigenvalue weighted by Crippen LogP contribution is 2.28. The maximum Gasteiger partial charge on any atom is 0.354 e. The van der Waals surface area contributed by atoms with Crippen molar-refractivity contribution in [2.24, 2.45) is 0 Å². The molecule has 0 radical (unpaired) electrons. The van der Waals surface area contributed by atoms with Crippen LogP contribution in [0.3, 0.4) is 0 Å². The Labute approximate surface area is 143 Å². The van der Waals surface area contributed by atoms with E-state index < -0.39 is 5.97 Å². The van der Waals surface area contributed by atoms with E-state index in [1.54, 1.807) is 11.0 Å². The molecule has 0 saturated carbocycles. The van der Waals surface area contributed by atoms with Gasteiger partial charge in [-0.2, -0.15) is 0 Å². The molecule has 1 amide bonds. The quantitative estimate of drug-likeness (QED) is 0.924. The van der Waals surface area contributed by atoms with Gasteiger partial charge in [0.1, 0.15) is 17.5 Å². The Morgan fingerprint density at radius 2 is 1.92 bits per heavy atom. The van der Waals surface area contributed by atoms with Crippen LogP contribution in [0, 0.1) is 0 Å². The molecule has 2 aromatic rings. The average Bonchev–Trinajstić information content (AvgIpc) is 2.61. The number of halogens is 1. The van der Waals surface area contributed by atoms with E-state index >= 15 is 0 Å². The first kappa shape index (κ1) is 16.4. The predicted octanol–water partition coefficient (Wildman–Crippen LogP) is 2.65. The van der Waals surface area contributed by atoms with Gasteiger partial charge in [0, 0.05) is 17.1 Å². The SMILES string of the molecule is O=C(O)c1cccc(C(=O)N2CCOC(c3ccccc3Cl)C2)n1. The molecular weight excluding hydrogens is 332 g/mol. The zero-order valence-electron chi connectivity index (χ0n) is 12.7. The summed E-state index contributed by atoms with van der Waals surface area (Å²) in [7, 11) is 0. The Morgan fingerprint density at radius 1 is 1.17 bits per heavy atom. The molecule has 24 heavy (non-hydrogen) atoms. The Morgan fingerprint density at radius 3 is 2.67 bits per heavy atom. The van der Waals surface area contributed by atoms with Crippen LogP contribution in [0.4, 0.5) is 0 Å². The summed E-state index contributed by atoms with van der Waals surface area (Å²) in [4.78, 5) is 29.1. The third-order valence-electron chi connectivity index (χ3n) is 3.79. The summed E-state index contributed by atoms with van der Waals surface area (Å²) >= 11 is 6.20. The second-order valence-corrected chi connectivity index (χ2v) is 5.75. The smallest absolute Gasteiger partial charge is 0.354 e. The molecule has 1 aliphatic rings. The first-order valence-electron chi connectivity index (χ1n) is 7.42. The van der Waals surface area contributed by atoms with Crippen LogP contribution in [-0.2, 0) is 4.74 Å². The third kappa shape index (κ3) is 3.39. The van der Waals surface area contributed by atoms with Crippen LogP contribution < -0.4 is 0 Å². The van der Waals surface area contributed by atoms with Gasteiger partial charge in [0.25, 0.3) is 5.91 Å². The van der Waals surface area contributed by atoms with E-state index in [9.17, 15) is 9.59 Å². The molecule has 1 atom stereocenters. The number of ether oxygens (including phenoxy) is 1. The van der Waals surface area contributed by atoms with Crippen molar-refractivity contribution in [2.45, 2.75) is 6.10 Å². The molecule has 0 bridgehead atoms. The number of hydrogen-bond donors (Lipinski definition) is 1. The number of amides is 1. The van der Waals surface area contributed by atoms with Gasteiger partial charge in [-0.3, -0.25) is 4.79 Å². The largest absolute Gasteiger partial charge is 0.477 e. The summed E-state index contributed by atoms with van der Waals surface area (Å²) in [5, 5.41) is 9.59. The van der Waals surface area contributed by atoms with Crippen molar-refractivity contribution in [1.29, 1.82) is 0 Å². The molecule has 0 spiro atoms. The molecule has 6 nitrogen and oxygen atoms in total. The highest BCUT2D eigenvalue weighted by Gasteiger charge is 2.28. The Kier molecular flexibility index (Phi) is 4.78. The maximum absolute atomic E-state index is 12.6. The minimum Gasteiger partial charge on any atom is -0.477 e. The summed E-state index contributed by atoms with van der Waals surface area (Å²) < 4.78 is 5.73. The predicted molar refractivity (Wildman–Crippen MR) is 87.2 cm³/mol. The molecule has 2 heterocycles. The van der Waals surface area contributed by atoms with Gasteiger partial charge in [0.2, 0.25) is 0 Å². The molecule has 1 aromatic carbocycles. The summed E-state index contributed by atoms with van der Waals surface area (Å²) in [6.07, 6.45) is -0.320. The Balaban J connectivity index is 1.79. The number of aromatic carboxylic acids is 1. The van der Waals surface area contributed by atoms with E-state index in [2.05, 4.69) is 4.98 Å². The van der Waals surface area contributed by atoms with Crippen molar-refractivity contribution in [3.05, 3.63) is 64.4 Å². The van der Waals surface area contributed by atoms with E-state index in [-0.39, 0.29) is 23.4 Å². The number of carbonyl (C=O) groups is 2. The number of pyridine rings is 1. The fraction of sp³-hybridized carbons (Fsp3) is 0.235. The highest BCUT2D eigenvalue weighted by molar-refractivity contribution is 6.31. The summed E-state index contributed by atoms with van der Waals surface area (Å²) in [6, 6.07) is 11.7. The van der Waals surface area contributed by atoms with Crippen LogP contribution >= 0.6 is 11.6 Å². The van der Waals surface area contributed by atoms with Crippen LogP contribution in [0.15, 0.2) is 42.5 Å². The number of carboxylic acids is 1. The second kappa shape index (κ2) is 6.98. The minimum atomic E-state index is -1.17. The first-order chi connectivity index (χ1) is 11.6. The van der Waals surface area contributed by atoms with Crippen molar-refractivity contribution in [2.75, 3.05) is 19.7 Å². The van der Waals surface area contributed by atoms with Crippen LogP contribution in [0.1, 0.15) is 32.6 Å². The lowest BCUT2D eigenvalue weighted by Gasteiger charge is -2.33. The van der Waals surface area contributed by atoms with E-state index in [1.165, 1.54) is 18.2 Å². The van der Waals surface area contributed by atoms with E-state index in [1.807, 2.05) is 18.2 Å². The van der Waals surface area contributed by atoms with Gasteiger partial charge in [-0.25, -0.2) is 9.78 Å². The second-order valence-electron chi connectivity index (χ2n) is 5.35. The summed E-state index contributed by atoms with van der Waals surface area (Å²) in [5.41, 5.74) is 0.774. The normalized spacial score (nSPS) is 17.5. The molecule has 7 heteroatoms. The molecule has 0 aliphatic carbocycles. The fourth-order valence-electron chi connectivity index (χ4n) is 2.59. The standard InChI is InChI=1S/C17H15ClN2O4/c18-12-5-2-1-4-11(12)15-10-20(8-9-24-15)16(21)13-6-3-7-14(19-13)17(22)23/h1-7,15H,8-10H2,(H,22,23). The minimum absolute atomic E-state index is 0.106. The molecule has 1 fully saturated rings. The topological polar surface area (TPSA) is 79.7 Å². The van der Waals surface area contributed by atoms with E-state index in [4.69, 9.17) is 21.4 Å². The van der Waals surface area contributed by atoms with Crippen molar-refractivity contribution in [3.8, 4) is 0 Å². The molecular formula is C17H15ClN2O4. The number of aromatic nitrogens is 1. The van der Waals surface area contributed by atoms with Gasteiger partial charge < -0.3 is 14.7 Å². The molecule has 1 aromatic heterocycles. The van der Waals surface area contributed by atoms with Crippen LogP contribution in [0.2, 0.25) is 5.02 Å². The van der Waals surface area contributed by atoms with E-state index in [0.717, 1.165) is 5.56 Å². The first-order valence-corrected chi connectivity index (χ1v) is 7.79. The fourth-order valence-corrected chi connectivity index (χ4v) is 2.85. The number of carbonyl (C=O) groups excluding carboxylic acids is 1. The van der Waals surface area contributed by atoms with Gasteiger partial charge >= 0.3 is 5.97 Å². The third-order valence-corrected chi connectivity index (χ3v) is 4.14. The van der Waals surface area contributed by atoms with Crippen molar-refractivity contribution >= 4 is 23.5 Å². The number of morpholine rings is 1. The van der Waals surface area contributed by atoms with Crippen LogP contribution in [0.25, 0.3) is 0 Å². The Bertz CT molecular complexity index is 781. The Hall–Kier alpha value is -2.44. The van der Waals surface area contributed by atoms with Crippen molar-refractivity contribution in [3.63, 3.8) is 0 Å². The lowest BCUT2D eigenvalue weighted by Crippen LogP contribution is -2.42. The molecule has 1 aliphatic heterocycles. The van der Waals surface area contributed by atoms with Gasteiger partial charge in [-0.05, 0) is 18.2 Å². The van der Waals surface area contributed by atoms with Crippen molar-refractivity contribution in [1.82, 2.24) is 9.88 Å². The molecule has 124 valence electrons. The lowest BCUT2D eigenvalue weighted by molar-refractivity contribution is -0.0229. The van der Waals surface area contributed by atoms with Gasteiger partial charge in [0.05, 0.1) is 13.2 Å². The molecule has 1 unspecified atom stereocenters. The number of rotatable bonds is 3. The van der Waals surface area contributed by atoms with E-state index in [0.29, 0.717) is 24.7 Å². The number of nitrogens with zero attached hydrogens (tertiary/aromatic N) is 2. The number of benzene rings is 1. The molecule has 3 rings (SSSR count). The summed E-state index contributed by atoms with van der Waals surface area (Å²) in [6.45, 7) is 1.13. The van der Waals surface area contributed by atoms with Crippen molar-refractivity contribution < 1.29 is 19.4 Å². The van der Waals surface area contributed by atoms with Crippen LogP contribution in [0.5, 0.6) is 0 Å². The van der Waals surface area contributed by atoms with Gasteiger partial charge in [-0.15, -0.1) is 0 Å². The molecule has 1 N–H and O–H groups in total. The van der Waals surface area contributed by atoms with Crippen LogP contribution in [-0.4, -0.2) is 46.6 Å². The average molecular weight is 347 g/mol. The summed E-state index contributed by atoms with van der Waals surface area (Å²) in [5.74, 6) is -1.49. The number of hydrogen-bond acceptors (Lipinski definition) is 4. The zero-order chi connectivity index (χ0) is 17.1. The monoisotopic (exact) mass is 346 g/mol. The highest BCUT2D eigenvalue weighted by atomic mass is 35.5.